The first-order valence-electron chi connectivity index (χ1n) is 6.16. The average molecular weight is 295 g/mol. The van der Waals surface area contributed by atoms with Gasteiger partial charge in [-0.25, -0.2) is 0 Å². The topological polar surface area (TPSA) is 142 Å². The molecule has 0 aliphatic heterocycles. The minimum absolute atomic E-state index is 0.369. The summed E-state index contributed by atoms with van der Waals surface area (Å²) in [5.74, 6) is -2.33. The largest absolute Gasteiger partial charge is 0.387 e. The number of primary amides is 1. The highest BCUT2D eigenvalue weighted by atomic mass is 16.3. The van der Waals surface area contributed by atoms with Crippen molar-refractivity contribution in [3.63, 3.8) is 0 Å². The number of hydrogen-bond donors (Lipinski definition) is 5. The Labute approximate surface area is 120 Å². The Morgan fingerprint density at radius 3 is 2.33 bits per heavy atom. The number of carbonyl (C=O) groups is 3. The number of nitrogens with one attached hydrogen (secondary N) is 2. The summed E-state index contributed by atoms with van der Waals surface area (Å²) in [6.07, 6.45) is -1.51. The van der Waals surface area contributed by atoms with Gasteiger partial charge in [-0.1, -0.05) is 30.3 Å². The normalized spacial score (nSPS) is 13.0. The van der Waals surface area contributed by atoms with Crippen LogP contribution in [0.15, 0.2) is 30.3 Å². The van der Waals surface area contributed by atoms with E-state index >= 15 is 0 Å². The number of nitrogens with two attached hydrogens (primary N) is 1. The molecule has 0 aliphatic rings. The van der Waals surface area contributed by atoms with Crippen molar-refractivity contribution in [2.45, 2.75) is 12.1 Å². The van der Waals surface area contributed by atoms with Crippen LogP contribution in [0, 0.1) is 0 Å². The Kier molecular flexibility index (Phi) is 6.31. The van der Waals surface area contributed by atoms with Crippen LogP contribution in [-0.2, 0) is 14.4 Å². The quantitative estimate of drug-likeness (QED) is 0.388. The standard InChI is InChI=1S/C13H17N3O5/c14-12(20)9(18)6-15-13(21)11(16-10(19)7-17)8-4-2-1-3-5-8/h1-5,9,11,17-18H,6-7H2,(H2,14,20)(H,15,21)(H,16,19)/t9-,11+/m0/s1. The molecular weight excluding hydrogens is 278 g/mol. The minimum atomic E-state index is -1.51. The van der Waals surface area contributed by atoms with Crippen molar-refractivity contribution in [2.75, 3.05) is 13.2 Å². The second kappa shape index (κ2) is 7.98. The lowest BCUT2D eigenvalue weighted by Crippen LogP contribution is -2.45. The Hall–Kier alpha value is -2.45. The molecule has 1 rings (SSSR count). The SMILES string of the molecule is NC(=O)[C@@H](O)CNC(=O)[C@H](NC(=O)CO)c1ccccc1. The first-order valence-corrected chi connectivity index (χ1v) is 6.16. The maximum Gasteiger partial charge on any atom is 0.248 e. The number of hydrogen-bond acceptors (Lipinski definition) is 5. The second-order valence-corrected chi connectivity index (χ2v) is 4.23. The third-order valence-corrected chi connectivity index (χ3v) is 2.64. The van der Waals surface area contributed by atoms with Gasteiger partial charge in [0, 0.05) is 0 Å². The van der Waals surface area contributed by atoms with E-state index in [1.807, 2.05) is 0 Å². The molecule has 0 fully saturated rings. The van der Waals surface area contributed by atoms with Crippen molar-refractivity contribution < 1.29 is 24.6 Å². The number of aliphatic hydroxyl groups is 2. The van der Waals surface area contributed by atoms with Crippen LogP contribution in [-0.4, -0.2) is 47.2 Å². The van der Waals surface area contributed by atoms with E-state index in [-0.39, 0.29) is 6.54 Å². The van der Waals surface area contributed by atoms with E-state index in [1.54, 1.807) is 30.3 Å². The molecule has 6 N–H and O–H groups in total. The van der Waals surface area contributed by atoms with Crippen LogP contribution >= 0.6 is 0 Å². The summed E-state index contributed by atoms with van der Waals surface area (Å²) in [5.41, 5.74) is 5.36. The average Bonchev–Trinajstić information content (AvgIpc) is 2.50. The van der Waals surface area contributed by atoms with Gasteiger partial charge in [0.05, 0.1) is 6.54 Å². The summed E-state index contributed by atoms with van der Waals surface area (Å²) in [6, 6.07) is 7.28. The number of amides is 3. The van der Waals surface area contributed by atoms with Crippen LogP contribution < -0.4 is 16.4 Å². The second-order valence-electron chi connectivity index (χ2n) is 4.23. The summed E-state index contributed by atoms with van der Waals surface area (Å²) in [6.45, 7) is -1.13. The van der Waals surface area contributed by atoms with Crippen LogP contribution in [0.3, 0.4) is 0 Å². The highest BCUT2D eigenvalue weighted by Gasteiger charge is 2.23. The van der Waals surface area contributed by atoms with E-state index in [4.69, 9.17) is 10.8 Å². The van der Waals surface area contributed by atoms with E-state index in [0.29, 0.717) is 5.56 Å². The Morgan fingerprint density at radius 2 is 1.81 bits per heavy atom. The molecule has 0 heterocycles. The van der Waals surface area contributed by atoms with Gasteiger partial charge in [0.2, 0.25) is 17.7 Å². The molecule has 1 aromatic rings. The predicted octanol–water partition coefficient (Wildman–Crippen LogP) is -2.20. The fourth-order valence-corrected chi connectivity index (χ4v) is 1.55. The van der Waals surface area contributed by atoms with E-state index < -0.39 is 36.5 Å². The molecule has 8 heteroatoms. The summed E-state index contributed by atoms with van der Waals surface area (Å²) in [5, 5.41) is 22.6. The molecule has 0 aliphatic carbocycles. The van der Waals surface area contributed by atoms with Gasteiger partial charge in [0.25, 0.3) is 0 Å². The smallest absolute Gasteiger partial charge is 0.248 e. The summed E-state index contributed by atoms with van der Waals surface area (Å²) < 4.78 is 0. The Bertz CT molecular complexity index is 506. The van der Waals surface area contributed by atoms with Crippen molar-refractivity contribution >= 4 is 17.7 Å². The van der Waals surface area contributed by atoms with Gasteiger partial charge in [0.1, 0.15) is 18.8 Å². The first kappa shape index (κ1) is 16.6. The molecule has 0 radical (unpaired) electrons. The molecule has 21 heavy (non-hydrogen) atoms. The van der Waals surface area contributed by atoms with E-state index in [0.717, 1.165) is 0 Å². The predicted molar refractivity (Wildman–Crippen MR) is 72.6 cm³/mol. The fourth-order valence-electron chi connectivity index (χ4n) is 1.55. The number of aliphatic hydroxyl groups excluding tert-OH is 2. The molecule has 8 nitrogen and oxygen atoms in total. The molecule has 0 bridgehead atoms. The van der Waals surface area contributed by atoms with E-state index in [9.17, 15) is 19.5 Å². The van der Waals surface area contributed by atoms with Gasteiger partial charge in [0.15, 0.2) is 0 Å². The molecule has 114 valence electrons. The maximum absolute atomic E-state index is 12.1. The highest BCUT2D eigenvalue weighted by Crippen LogP contribution is 2.12. The van der Waals surface area contributed by atoms with Gasteiger partial charge >= 0.3 is 0 Å². The summed E-state index contributed by atoms with van der Waals surface area (Å²) in [7, 11) is 0. The number of carbonyl (C=O) groups excluding carboxylic acids is 3. The Balaban J connectivity index is 2.79. The van der Waals surface area contributed by atoms with Crippen molar-refractivity contribution in [2.24, 2.45) is 5.73 Å². The van der Waals surface area contributed by atoms with Crippen LogP contribution in [0.5, 0.6) is 0 Å². The zero-order valence-electron chi connectivity index (χ0n) is 11.2. The number of rotatable bonds is 7. The summed E-state index contributed by atoms with van der Waals surface area (Å²) in [4.78, 5) is 34.0. The molecule has 0 saturated heterocycles. The van der Waals surface area contributed by atoms with Crippen molar-refractivity contribution in [1.29, 1.82) is 0 Å². The zero-order valence-corrected chi connectivity index (χ0v) is 11.2. The van der Waals surface area contributed by atoms with Crippen LogP contribution in [0.1, 0.15) is 11.6 Å². The molecule has 3 amide bonds. The van der Waals surface area contributed by atoms with E-state index in [2.05, 4.69) is 10.6 Å². The van der Waals surface area contributed by atoms with Crippen LogP contribution in [0.25, 0.3) is 0 Å². The molecule has 0 saturated carbocycles. The maximum atomic E-state index is 12.1. The van der Waals surface area contributed by atoms with Gasteiger partial charge in [-0.05, 0) is 5.56 Å². The molecule has 0 aromatic heterocycles. The Morgan fingerprint density at radius 1 is 1.19 bits per heavy atom. The van der Waals surface area contributed by atoms with Gasteiger partial charge in [-0.3, -0.25) is 14.4 Å². The van der Waals surface area contributed by atoms with Crippen molar-refractivity contribution in [3.05, 3.63) is 35.9 Å². The third kappa shape index (κ3) is 5.21. The molecule has 0 unspecified atom stereocenters. The first-order chi connectivity index (χ1) is 9.95. The minimum Gasteiger partial charge on any atom is -0.387 e. The zero-order chi connectivity index (χ0) is 15.8. The third-order valence-electron chi connectivity index (χ3n) is 2.64. The fraction of sp³-hybridized carbons (Fsp3) is 0.308. The lowest BCUT2D eigenvalue weighted by molar-refractivity contribution is -0.131. The number of benzene rings is 1. The van der Waals surface area contributed by atoms with Gasteiger partial charge < -0.3 is 26.6 Å². The monoisotopic (exact) mass is 295 g/mol. The lowest BCUT2D eigenvalue weighted by atomic mass is 10.1. The molecule has 1 aromatic carbocycles. The van der Waals surface area contributed by atoms with Crippen LogP contribution in [0.4, 0.5) is 0 Å². The lowest BCUT2D eigenvalue weighted by Gasteiger charge is -2.19. The molecule has 0 spiro atoms. The molecule has 2 atom stereocenters. The van der Waals surface area contributed by atoms with Crippen LogP contribution in [0.2, 0.25) is 0 Å². The van der Waals surface area contributed by atoms with Gasteiger partial charge in [-0.2, -0.15) is 0 Å². The van der Waals surface area contributed by atoms with E-state index in [1.165, 1.54) is 0 Å². The molecular formula is C13H17N3O5. The summed E-state index contributed by atoms with van der Waals surface area (Å²) >= 11 is 0. The van der Waals surface area contributed by atoms with Gasteiger partial charge in [-0.15, -0.1) is 0 Å². The highest BCUT2D eigenvalue weighted by molar-refractivity contribution is 5.89. The van der Waals surface area contributed by atoms with Crippen molar-refractivity contribution in [3.8, 4) is 0 Å². The van der Waals surface area contributed by atoms with Crippen molar-refractivity contribution in [1.82, 2.24) is 10.6 Å².